The number of carbonyl (C=O) groups is 2. The lowest BCUT2D eigenvalue weighted by Gasteiger charge is -2.11. The summed E-state index contributed by atoms with van der Waals surface area (Å²) in [6, 6.07) is 13.8. The van der Waals surface area contributed by atoms with E-state index >= 15 is 0 Å². The number of hydrogen-bond acceptors (Lipinski definition) is 6. The highest BCUT2D eigenvalue weighted by Gasteiger charge is 2.20. The Hall–Kier alpha value is -3.50. The summed E-state index contributed by atoms with van der Waals surface area (Å²) in [4.78, 5) is 28.9. The largest absolute Gasteiger partial charge is 0.453 e. The van der Waals surface area contributed by atoms with E-state index in [1.165, 1.54) is 39.2 Å². The average Bonchev–Trinajstić information content (AvgIpc) is 3.14. The van der Waals surface area contributed by atoms with Crippen LogP contribution in [0.15, 0.2) is 59.1 Å². The molecule has 0 atom stereocenters. The molecule has 2 aromatic carbocycles. The van der Waals surface area contributed by atoms with Crippen molar-refractivity contribution in [2.75, 3.05) is 14.1 Å². The standard InChI is InChI=1S/C23H26N4O5S/c1-5-27-21-12-11-18(33(30,31)26(3)4)14-19(21)25-22(27)15-32-23(29)20(24-16(2)28)13-17-9-7-6-8-10-17/h6-14H,5,15H2,1-4H3,(H,24,28)/b20-13-. The number of benzene rings is 2. The molecule has 1 amide bonds. The molecule has 0 spiro atoms. The van der Waals surface area contributed by atoms with Gasteiger partial charge in [0.05, 0.1) is 15.9 Å². The molecule has 0 unspecified atom stereocenters. The van der Waals surface area contributed by atoms with Gasteiger partial charge >= 0.3 is 5.97 Å². The topological polar surface area (TPSA) is 111 Å². The van der Waals surface area contributed by atoms with Gasteiger partial charge in [-0.15, -0.1) is 0 Å². The molecule has 174 valence electrons. The first-order valence-corrected chi connectivity index (χ1v) is 11.7. The van der Waals surface area contributed by atoms with E-state index in [1.807, 2.05) is 29.7 Å². The van der Waals surface area contributed by atoms with Crippen molar-refractivity contribution in [3.8, 4) is 0 Å². The van der Waals surface area contributed by atoms with Gasteiger partial charge in [-0.1, -0.05) is 30.3 Å². The molecule has 1 heterocycles. The third-order valence-corrected chi connectivity index (χ3v) is 6.68. The molecule has 0 fully saturated rings. The predicted octanol–water partition coefficient (Wildman–Crippen LogP) is 2.53. The smallest absolute Gasteiger partial charge is 0.355 e. The number of sulfonamides is 1. The Balaban J connectivity index is 1.88. The third kappa shape index (κ3) is 5.47. The van der Waals surface area contributed by atoms with E-state index in [4.69, 9.17) is 4.74 Å². The van der Waals surface area contributed by atoms with Gasteiger partial charge in [0, 0.05) is 27.6 Å². The molecule has 3 aromatic rings. The van der Waals surface area contributed by atoms with Crippen molar-refractivity contribution in [1.29, 1.82) is 0 Å². The Labute approximate surface area is 192 Å². The molecule has 0 saturated carbocycles. The first-order chi connectivity index (χ1) is 15.6. The van der Waals surface area contributed by atoms with Crippen LogP contribution in [0.1, 0.15) is 25.2 Å². The maximum absolute atomic E-state index is 12.7. The van der Waals surface area contributed by atoms with Crippen LogP contribution in [0.25, 0.3) is 17.1 Å². The first kappa shape index (κ1) is 24.1. The van der Waals surface area contributed by atoms with E-state index < -0.39 is 21.9 Å². The molecule has 9 nitrogen and oxygen atoms in total. The summed E-state index contributed by atoms with van der Waals surface area (Å²) in [6.45, 7) is 3.61. The van der Waals surface area contributed by atoms with Crippen LogP contribution in [0, 0.1) is 0 Å². The summed E-state index contributed by atoms with van der Waals surface area (Å²) in [5.41, 5.74) is 1.94. The minimum Gasteiger partial charge on any atom is -0.453 e. The average molecular weight is 471 g/mol. The van der Waals surface area contributed by atoms with Crippen LogP contribution < -0.4 is 5.32 Å². The molecule has 33 heavy (non-hydrogen) atoms. The van der Waals surface area contributed by atoms with E-state index in [0.29, 0.717) is 17.9 Å². The summed E-state index contributed by atoms with van der Waals surface area (Å²) < 4.78 is 33.3. The number of hydrogen-bond donors (Lipinski definition) is 1. The molecule has 3 rings (SSSR count). The minimum absolute atomic E-state index is 0.00669. The van der Waals surface area contributed by atoms with Crippen LogP contribution in [0.5, 0.6) is 0 Å². The number of ether oxygens (including phenoxy) is 1. The van der Waals surface area contributed by atoms with Gasteiger partial charge in [0.15, 0.2) is 0 Å². The number of nitrogens with zero attached hydrogens (tertiary/aromatic N) is 3. The highest BCUT2D eigenvalue weighted by Crippen LogP contribution is 2.22. The summed E-state index contributed by atoms with van der Waals surface area (Å²) in [5.74, 6) is -0.647. The van der Waals surface area contributed by atoms with E-state index in [1.54, 1.807) is 18.2 Å². The van der Waals surface area contributed by atoms with Gasteiger partial charge in [0.25, 0.3) is 0 Å². The second-order valence-electron chi connectivity index (χ2n) is 7.44. The van der Waals surface area contributed by atoms with Crippen molar-refractivity contribution in [1.82, 2.24) is 19.2 Å². The second-order valence-corrected chi connectivity index (χ2v) is 9.59. The maximum atomic E-state index is 12.7. The monoisotopic (exact) mass is 470 g/mol. The number of carbonyl (C=O) groups excluding carboxylic acids is 2. The van der Waals surface area contributed by atoms with Crippen molar-refractivity contribution in [2.24, 2.45) is 0 Å². The van der Waals surface area contributed by atoms with Crippen LogP contribution >= 0.6 is 0 Å². The Bertz CT molecular complexity index is 1310. The lowest BCUT2D eigenvalue weighted by atomic mass is 10.2. The Kier molecular flexibility index (Phi) is 7.29. The summed E-state index contributed by atoms with van der Waals surface area (Å²) in [7, 11) is -0.680. The quantitative estimate of drug-likeness (QED) is 0.400. The molecule has 1 aromatic heterocycles. The SMILES string of the molecule is CCn1c(COC(=O)/C(=C/c2ccccc2)NC(C)=O)nc2cc(S(=O)(=O)N(C)C)ccc21. The van der Waals surface area contributed by atoms with Crippen molar-refractivity contribution in [3.63, 3.8) is 0 Å². The van der Waals surface area contributed by atoms with Crippen molar-refractivity contribution in [3.05, 3.63) is 65.6 Å². The van der Waals surface area contributed by atoms with Gasteiger partial charge in [0.1, 0.15) is 18.1 Å². The second kappa shape index (κ2) is 9.97. The van der Waals surface area contributed by atoms with Gasteiger partial charge < -0.3 is 14.6 Å². The lowest BCUT2D eigenvalue weighted by molar-refractivity contribution is -0.141. The minimum atomic E-state index is -3.61. The van der Waals surface area contributed by atoms with E-state index in [-0.39, 0.29) is 17.2 Å². The summed E-state index contributed by atoms with van der Waals surface area (Å²) >= 11 is 0. The van der Waals surface area contributed by atoms with E-state index in [0.717, 1.165) is 15.4 Å². The molecule has 0 aliphatic carbocycles. The molecule has 0 radical (unpaired) electrons. The van der Waals surface area contributed by atoms with Gasteiger partial charge in [-0.2, -0.15) is 0 Å². The van der Waals surface area contributed by atoms with E-state index in [9.17, 15) is 18.0 Å². The maximum Gasteiger partial charge on any atom is 0.355 e. The molecule has 0 aliphatic rings. The Morgan fingerprint density at radius 1 is 1.15 bits per heavy atom. The van der Waals surface area contributed by atoms with Crippen LogP contribution in [0.3, 0.4) is 0 Å². The molecular weight excluding hydrogens is 444 g/mol. The molecular formula is C23H26N4O5S. The number of nitrogens with one attached hydrogen (secondary N) is 1. The predicted molar refractivity (Wildman–Crippen MR) is 124 cm³/mol. The normalized spacial score (nSPS) is 12.2. The van der Waals surface area contributed by atoms with Crippen LogP contribution in [0.2, 0.25) is 0 Å². The Morgan fingerprint density at radius 3 is 2.45 bits per heavy atom. The van der Waals surface area contributed by atoms with Crippen molar-refractivity contribution >= 4 is 39.0 Å². The fourth-order valence-corrected chi connectivity index (χ4v) is 4.18. The molecule has 10 heteroatoms. The van der Waals surface area contributed by atoms with Gasteiger partial charge in [-0.05, 0) is 36.8 Å². The van der Waals surface area contributed by atoms with E-state index in [2.05, 4.69) is 10.3 Å². The molecule has 0 aliphatic heterocycles. The summed E-state index contributed by atoms with van der Waals surface area (Å²) in [5, 5.41) is 2.50. The highest BCUT2D eigenvalue weighted by molar-refractivity contribution is 7.89. The van der Waals surface area contributed by atoms with Crippen molar-refractivity contribution in [2.45, 2.75) is 31.9 Å². The zero-order valence-electron chi connectivity index (χ0n) is 18.9. The van der Waals surface area contributed by atoms with Gasteiger partial charge in [-0.25, -0.2) is 22.5 Å². The fourth-order valence-electron chi connectivity index (χ4n) is 3.25. The van der Waals surface area contributed by atoms with Crippen LogP contribution in [-0.4, -0.2) is 48.2 Å². The number of aromatic nitrogens is 2. The van der Waals surface area contributed by atoms with Gasteiger partial charge in [-0.3, -0.25) is 4.79 Å². The highest BCUT2D eigenvalue weighted by atomic mass is 32.2. The number of rotatable bonds is 8. The zero-order chi connectivity index (χ0) is 24.2. The third-order valence-electron chi connectivity index (χ3n) is 4.87. The Morgan fingerprint density at radius 2 is 1.85 bits per heavy atom. The van der Waals surface area contributed by atoms with Gasteiger partial charge in [0.2, 0.25) is 15.9 Å². The molecule has 0 bridgehead atoms. The number of amides is 1. The number of fused-ring (bicyclic) bond motifs is 1. The fraction of sp³-hybridized carbons (Fsp3) is 0.261. The molecule has 1 N–H and O–H groups in total. The van der Waals surface area contributed by atoms with Crippen molar-refractivity contribution < 1.29 is 22.7 Å². The van der Waals surface area contributed by atoms with Crippen LogP contribution in [-0.2, 0) is 37.5 Å². The lowest BCUT2D eigenvalue weighted by Crippen LogP contribution is -2.26. The molecule has 0 saturated heterocycles. The summed E-state index contributed by atoms with van der Waals surface area (Å²) in [6.07, 6.45) is 1.53. The first-order valence-electron chi connectivity index (χ1n) is 10.3. The van der Waals surface area contributed by atoms with Crippen LogP contribution in [0.4, 0.5) is 0 Å². The number of aryl methyl sites for hydroxylation is 1. The number of esters is 1. The zero-order valence-corrected chi connectivity index (χ0v) is 19.7. The number of imidazole rings is 1.